The molecule has 0 aromatic carbocycles. The average Bonchev–Trinajstić information content (AvgIpc) is 2.32. The van der Waals surface area contributed by atoms with Crippen molar-refractivity contribution in [3.8, 4) is 0 Å². The van der Waals surface area contributed by atoms with Crippen molar-refractivity contribution in [2.75, 3.05) is 0 Å². The fourth-order valence-corrected chi connectivity index (χ4v) is 1.82. The maximum atomic E-state index is 10.7. The number of carbonyl (C=O) groups is 1. The van der Waals surface area contributed by atoms with E-state index in [0.29, 0.717) is 0 Å². The van der Waals surface area contributed by atoms with Crippen LogP contribution in [0.15, 0.2) is 11.6 Å². The summed E-state index contributed by atoms with van der Waals surface area (Å²) in [6.07, 6.45) is 2.07. The van der Waals surface area contributed by atoms with Crippen LogP contribution in [0.4, 0.5) is 0 Å². The van der Waals surface area contributed by atoms with E-state index in [2.05, 4.69) is 6.08 Å². The van der Waals surface area contributed by atoms with Crippen LogP contribution in [0.5, 0.6) is 0 Å². The molecular formula is C10H16O2. The van der Waals surface area contributed by atoms with E-state index in [9.17, 15) is 4.79 Å². The molecule has 1 aliphatic carbocycles. The first-order valence-corrected chi connectivity index (χ1v) is 4.25. The summed E-state index contributed by atoms with van der Waals surface area (Å²) in [6.45, 7) is 8.03. The molecule has 0 aromatic rings. The summed E-state index contributed by atoms with van der Waals surface area (Å²) in [4.78, 5) is 10.7. The van der Waals surface area contributed by atoms with Crippen molar-refractivity contribution >= 4 is 5.97 Å². The van der Waals surface area contributed by atoms with Gasteiger partial charge in [-0.15, -0.1) is 0 Å². The zero-order valence-corrected chi connectivity index (χ0v) is 8.09. The summed E-state index contributed by atoms with van der Waals surface area (Å²) < 4.78 is 0. The van der Waals surface area contributed by atoms with Gasteiger partial charge in [0.2, 0.25) is 0 Å². The minimum atomic E-state index is -0.664. The summed E-state index contributed by atoms with van der Waals surface area (Å²) >= 11 is 0. The fourth-order valence-electron chi connectivity index (χ4n) is 1.82. The minimum Gasteiger partial charge on any atom is -0.481 e. The predicted molar refractivity (Wildman–Crippen MR) is 47.8 cm³/mol. The van der Waals surface area contributed by atoms with E-state index in [1.165, 1.54) is 5.57 Å². The molecule has 1 fully saturated rings. The summed E-state index contributed by atoms with van der Waals surface area (Å²) in [5.41, 5.74) is 1.17. The number of rotatable bonds is 2. The van der Waals surface area contributed by atoms with Gasteiger partial charge in [0.15, 0.2) is 0 Å². The van der Waals surface area contributed by atoms with E-state index >= 15 is 0 Å². The van der Waals surface area contributed by atoms with Crippen LogP contribution in [0.3, 0.4) is 0 Å². The second-order valence-corrected chi connectivity index (χ2v) is 4.41. The van der Waals surface area contributed by atoms with Crippen LogP contribution < -0.4 is 0 Å². The molecule has 0 aromatic heterocycles. The highest BCUT2D eigenvalue weighted by Gasteiger charge is 2.60. The molecule has 0 spiro atoms. The first-order valence-electron chi connectivity index (χ1n) is 4.25. The van der Waals surface area contributed by atoms with Crippen LogP contribution in [0, 0.1) is 17.3 Å². The molecule has 0 saturated heterocycles. The summed E-state index contributed by atoms with van der Waals surface area (Å²) in [6, 6.07) is 0. The van der Waals surface area contributed by atoms with Gasteiger partial charge in [-0.2, -0.15) is 0 Å². The Hall–Kier alpha value is -0.790. The van der Waals surface area contributed by atoms with Gasteiger partial charge in [-0.1, -0.05) is 25.5 Å². The van der Waals surface area contributed by atoms with Crippen molar-refractivity contribution < 1.29 is 9.90 Å². The highest BCUT2D eigenvalue weighted by molar-refractivity contribution is 5.76. The van der Waals surface area contributed by atoms with Crippen molar-refractivity contribution in [2.24, 2.45) is 17.3 Å². The van der Waals surface area contributed by atoms with Gasteiger partial charge in [-0.25, -0.2) is 0 Å². The van der Waals surface area contributed by atoms with Gasteiger partial charge in [0.05, 0.1) is 5.92 Å². The molecule has 0 heterocycles. The van der Waals surface area contributed by atoms with Crippen LogP contribution >= 0.6 is 0 Å². The Morgan fingerprint density at radius 1 is 1.42 bits per heavy atom. The number of carboxylic acids is 1. The van der Waals surface area contributed by atoms with Gasteiger partial charge in [0.1, 0.15) is 0 Å². The molecular weight excluding hydrogens is 152 g/mol. The Bertz CT molecular complexity index is 234. The third-order valence-electron chi connectivity index (χ3n) is 2.69. The number of carboxylic acid groups (broad SMARTS) is 1. The highest BCUT2D eigenvalue weighted by atomic mass is 16.4. The van der Waals surface area contributed by atoms with Crippen molar-refractivity contribution in [2.45, 2.75) is 27.7 Å². The van der Waals surface area contributed by atoms with Crippen molar-refractivity contribution in [1.82, 2.24) is 0 Å². The lowest BCUT2D eigenvalue weighted by atomic mass is 10.1. The van der Waals surface area contributed by atoms with Gasteiger partial charge in [-0.3, -0.25) is 4.79 Å². The monoisotopic (exact) mass is 168 g/mol. The molecule has 68 valence electrons. The molecule has 2 atom stereocenters. The Kier molecular flexibility index (Phi) is 2.02. The summed E-state index contributed by atoms with van der Waals surface area (Å²) in [5, 5.41) is 8.84. The molecule has 2 nitrogen and oxygen atoms in total. The molecule has 0 unspecified atom stereocenters. The average molecular weight is 168 g/mol. The van der Waals surface area contributed by atoms with E-state index in [4.69, 9.17) is 5.11 Å². The van der Waals surface area contributed by atoms with Crippen LogP contribution in [-0.2, 0) is 4.79 Å². The van der Waals surface area contributed by atoms with Crippen LogP contribution in [0.2, 0.25) is 0 Å². The van der Waals surface area contributed by atoms with Gasteiger partial charge in [-0.05, 0) is 25.2 Å². The van der Waals surface area contributed by atoms with Crippen LogP contribution in [0.25, 0.3) is 0 Å². The minimum absolute atomic E-state index is 0.0386. The van der Waals surface area contributed by atoms with Crippen molar-refractivity contribution in [1.29, 1.82) is 0 Å². The maximum Gasteiger partial charge on any atom is 0.307 e. The lowest BCUT2D eigenvalue weighted by molar-refractivity contribution is -0.139. The first kappa shape index (κ1) is 9.30. The van der Waals surface area contributed by atoms with Gasteiger partial charge >= 0.3 is 5.97 Å². The normalized spacial score (nSPS) is 31.0. The second-order valence-electron chi connectivity index (χ2n) is 4.41. The summed E-state index contributed by atoms with van der Waals surface area (Å²) in [7, 11) is 0. The van der Waals surface area contributed by atoms with Gasteiger partial charge in [0, 0.05) is 0 Å². The number of hydrogen-bond acceptors (Lipinski definition) is 1. The Balaban J connectivity index is 2.73. The largest absolute Gasteiger partial charge is 0.481 e. The third-order valence-corrected chi connectivity index (χ3v) is 2.69. The van der Waals surface area contributed by atoms with E-state index in [1.807, 2.05) is 27.7 Å². The van der Waals surface area contributed by atoms with Crippen molar-refractivity contribution in [3.63, 3.8) is 0 Å². The molecule has 1 saturated carbocycles. The zero-order valence-electron chi connectivity index (χ0n) is 8.09. The third kappa shape index (κ3) is 1.38. The van der Waals surface area contributed by atoms with Crippen LogP contribution in [0.1, 0.15) is 27.7 Å². The standard InChI is InChI=1S/C10H16O2/c1-6(2)5-7-8(9(11)12)10(7,3)4/h5,7-8H,1-4H3,(H,11,12)/t7-,8+/m0/s1. The van der Waals surface area contributed by atoms with Crippen molar-refractivity contribution in [3.05, 3.63) is 11.6 Å². The number of hydrogen-bond donors (Lipinski definition) is 1. The molecule has 0 bridgehead atoms. The SMILES string of the molecule is CC(C)=C[C@H]1[C@H](C(=O)O)C1(C)C. The molecule has 0 amide bonds. The van der Waals surface area contributed by atoms with E-state index in [0.717, 1.165) is 0 Å². The lowest BCUT2D eigenvalue weighted by Crippen LogP contribution is -2.02. The molecule has 0 radical (unpaired) electrons. The Morgan fingerprint density at radius 3 is 2.17 bits per heavy atom. The molecule has 1 aliphatic rings. The lowest BCUT2D eigenvalue weighted by Gasteiger charge is -1.96. The quantitative estimate of drug-likeness (QED) is 0.642. The van der Waals surface area contributed by atoms with Crippen LogP contribution in [-0.4, -0.2) is 11.1 Å². The first-order chi connectivity index (χ1) is 5.37. The van der Waals surface area contributed by atoms with E-state index in [-0.39, 0.29) is 17.3 Å². The highest BCUT2D eigenvalue weighted by Crippen LogP contribution is 2.59. The number of allylic oxidation sites excluding steroid dienone is 2. The Labute approximate surface area is 73.3 Å². The smallest absolute Gasteiger partial charge is 0.307 e. The molecule has 2 heteroatoms. The van der Waals surface area contributed by atoms with E-state index < -0.39 is 5.97 Å². The number of aliphatic carboxylic acids is 1. The predicted octanol–water partition coefficient (Wildman–Crippen LogP) is 2.31. The molecule has 1 N–H and O–H groups in total. The van der Waals surface area contributed by atoms with Gasteiger partial charge < -0.3 is 5.11 Å². The molecule has 0 aliphatic heterocycles. The molecule has 1 rings (SSSR count). The zero-order chi connectivity index (χ0) is 9.52. The molecule has 12 heavy (non-hydrogen) atoms. The second kappa shape index (κ2) is 2.61. The summed E-state index contributed by atoms with van der Waals surface area (Å²) in [5.74, 6) is -0.602. The van der Waals surface area contributed by atoms with Gasteiger partial charge in [0.25, 0.3) is 0 Å². The maximum absolute atomic E-state index is 10.7. The van der Waals surface area contributed by atoms with E-state index in [1.54, 1.807) is 0 Å². The fraction of sp³-hybridized carbons (Fsp3) is 0.700. The Morgan fingerprint density at radius 2 is 1.92 bits per heavy atom. The topological polar surface area (TPSA) is 37.3 Å².